The van der Waals surface area contributed by atoms with E-state index in [1.807, 2.05) is 13.0 Å². The molecule has 0 atom stereocenters. The molecule has 132 valence electrons. The number of carbonyl (C=O) groups is 2. The average molecular weight is 324 g/mol. The summed E-state index contributed by atoms with van der Waals surface area (Å²) >= 11 is 0. The monoisotopic (exact) mass is 324 g/mol. The second-order valence-corrected chi connectivity index (χ2v) is 5.71. The molecule has 0 bridgehead atoms. The van der Waals surface area contributed by atoms with Crippen molar-refractivity contribution in [3.63, 3.8) is 0 Å². The topological polar surface area (TPSA) is 63.6 Å². The predicted octanol–water partition coefficient (Wildman–Crippen LogP) is 5.06. The van der Waals surface area contributed by atoms with Gasteiger partial charge >= 0.3 is 11.9 Å². The van der Waals surface area contributed by atoms with Crippen LogP contribution in [-0.4, -0.2) is 23.7 Å². The highest BCUT2D eigenvalue weighted by Gasteiger charge is 2.07. The standard InChI is InChI=1S/C18H28O4.CH4/c1-14(2)7-5-8-15(3)9-6-10-16(4)11-12-22-18(21)13-17(19)20;/h7,9,11H,5-6,8,10,12-13H2,1-4H3,(H,19,20);1H4/b15-9+,16-11+;. The van der Waals surface area contributed by atoms with Crippen molar-refractivity contribution in [2.75, 3.05) is 6.61 Å². The normalized spacial score (nSPS) is 11.5. The molecule has 0 spiro atoms. The Morgan fingerprint density at radius 3 is 1.96 bits per heavy atom. The molecular weight excluding hydrogens is 292 g/mol. The number of ether oxygens (including phenoxy) is 1. The summed E-state index contributed by atoms with van der Waals surface area (Å²) in [6.45, 7) is 8.48. The van der Waals surface area contributed by atoms with Gasteiger partial charge in [-0.2, -0.15) is 0 Å². The average Bonchev–Trinajstić information content (AvgIpc) is 2.37. The molecule has 0 aliphatic carbocycles. The van der Waals surface area contributed by atoms with E-state index in [0.29, 0.717) is 0 Å². The number of aliphatic carboxylic acids is 1. The van der Waals surface area contributed by atoms with E-state index in [-0.39, 0.29) is 14.0 Å². The van der Waals surface area contributed by atoms with Gasteiger partial charge in [0.15, 0.2) is 0 Å². The highest BCUT2D eigenvalue weighted by molar-refractivity contribution is 5.90. The van der Waals surface area contributed by atoms with E-state index in [2.05, 4.69) is 32.9 Å². The van der Waals surface area contributed by atoms with Gasteiger partial charge in [0, 0.05) is 0 Å². The van der Waals surface area contributed by atoms with Crippen LogP contribution in [0.3, 0.4) is 0 Å². The molecule has 0 rings (SSSR count). The summed E-state index contributed by atoms with van der Waals surface area (Å²) in [5, 5.41) is 8.43. The van der Waals surface area contributed by atoms with E-state index >= 15 is 0 Å². The van der Waals surface area contributed by atoms with Crippen LogP contribution in [0.4, 0.5) is 0 Å². The predicted molar refractivity (Wildman–Crippen MR) is 95.4 cm³/mol. The van der Waals surface area contributed by atoms with Gasteiger partial charge in [-0.1, -0.05) is 36.3 Å². The Morgan fingerprint density at radius 1 is 0.913 bits per heavy atom. The van der Waals surface area contributed by atoms with E-state index < -0.39 is 18.4 Å². The number of allylic oxidation sites excluding steroid dienone is 5. The van der Waals surface area contributed by atoms with Gasteiger partial charge in [0.2, 0.25) is 0 Å². The van der Waals surface area contributed by atoms with Crippen LogP contribution in [0.5, 0.6) is 0 Å². The van der Waals surface area contributed by atoms with Gasteiger partial charge in [-0.3, -0.25) is 9.59 Å². The van der Waals surface area contributed by atoms with E-state index in [1.54, 1.807) is 0 Å². The van der Waals surface area contributed by atoms with Gasteiger partial charge in [-0.25, -0.2) is 0 Å². The molecule has 0 aromatic rings. The molecule has 4 nitrogen and oxygen atoms in total. The quantitative estimate of drug-likeness (QED) is 0.346. The molecule has 0 aliphatic rings. The number of rotatable bonds is 10. The van der Waals surface area contributed by atoms with E-state index in [0.717, 1.165) is 31.3 Å². The van der Waals surface area contributed by atoms with E-state index in [4.69, 9.17) is 9.84 Å². The number of hydrogen-bond donors (Lipinski definition) is 1. The van der Waals surface area contributed by atoms with Crippen LogP contribution in [0, 0.1) is 0 Å². The molecule has 0 unspecified atom stereocenters. The Balaban J connectivity index is 0. The number of carboxylic acids is 1. The third-order valence-corrected chi connectivity index (χ3v) is 3.09. The number of carboxylic acid groups (broad SMARTS) is 1. The molecule has 1 N–H and O–H groups in total. The lowest BCUT2D eigenvalue weighted by molar-refractivity contribution is -0.150. The van der Waals surface area contributed by atoms with Crippen LogP contribution in [-0.2, 0) is 14.3 Å². The van der Waals surface area contributed by atoms with Crippen molar-refractivity contribution in [1.29, 1.82) is 0 Å². The van der Waals surface area contributed by atoms with Crippen molar-refractivity contribution in [3.05, 3.63) is 34.9 Å². The number of hydrogen-bond acceptors (Lipinski definition) is 3. The van der Waals surface area contributed by atoms with Crippen LogP contribution in [0.15, 0.2) is 34.9 Å². The zero-order valence-electron chi connectivity index (χ0n) is 14.1. The zero-order chi connectivity index (χ0) is 17.0. The molecule has 0 aliphatic heterocycles. The zero-order valence-corrected chi connectivity index (χ0v) is 14.1. The van der Waals surface area contributed by atoms with Crippen molar-refractivity contribution < 1.29 is 19.4 Å². The second-order valence-electron chi connectivity index (χ2n) is 5.71. The van der Waals surface area contributed by atoms with E-state index in [9.17, 15) is 9.59 Å². The number of esters is 1. The highest BCUT2D eigenvalue weighted by atomic mass is 16.5. The summed E-state index contributed by atoms with van der Waals surface area (Å²) in [6.07, 6.45) is 9.77. The van der Waals surface area contributed by atoms with Gasteiger partial charge in [-0.05, 0) is 59.5 Å². The first-order chi connectivity index (χ1) is 10.3. The van der Waals surface area contributed by atoms with Crippen LogP contribution in [0.25, 0.3) is 0 Å². The molecule has 0 saturated heterocycles. The Morgan fingerprint density at radius 2 is 1.43 bits per heavy atom. The third kappa shape index (κ3) is 16.4. The summed E-state index contributed by atoms with van der Waals surface area (Å²) in [6, 6.07) is 0. The molecule has 0 saturated carbocycles. The van der Waals surface area contributed by atoms with Crippen molar-refractivity contribution in [2.24, 2.45) is 0 Å². The SMILES string of the molecule is C.CC(C)=CCC/C(C)=C/CC/C(C)=C/COC(=O)CC(=O)O. The highest BCUT2D eigenvalue weighted by Crippen LogP contribution is 2.11. The fourth-order valence-electron chi connectivity index (χ4n) is 1.79. The summed E-state index contributed by atoms with van der Waals surface area (Å²) in [4.78, 5) is 21.3. The summed E-state index contributed by atoms with van der Waals surface area (Å²) in [5.41, 5.74) is 3.87. The minimum absolute atomic E-state index is 0. The Kier molecular flexibility index (Phi) is 14.1. The Labute approximate surface area is 140 Å². The van der Waals surface area contributed by atoms with Crippen LogP contribution >= 0.6 is 0 Å². The smallest absolute Gasteiger partial charge is 0.317 e. The van der Waals surface area contributed by atoms with Crippen LogP contribution < -0.4 is 0 Å². The minimum atomic E-state index is -1.17. The first-order valence-corrected chi connectivity index (χ1v) is 7.63. The molecular formula is C19H32O4. The fraction of sp³-hybridized carbons (Fsp3) is 0.579. The van der Waals surface area contributed by atoms with Gasteiger partial charge in [0.25, 0.3) is 0 Å². The van der Waals surface area contributed by atoms with Crippen molar-refractivity contribution >= 4 is 11.9 Å². The molecule has 0 aromatic carbocycles. The molecule has 4 heteroatoms. The van der Waals surface area contributed by atoms with E-state index in [1.165, 1.54) is 11.1 Å². The molecule has 0 heterocycles. The van der Waals surface area contributed by atoms with Gasteiger partial charge in [0.1, 0.15) is 13.0 Å². The van der Waals surface area contributed by atoms with Crippen LogP contribution in [0.2, 0.25) is 0 Å². The molecule has 23 heavy (non-hydrogen) atoms. The number of carbonyl (C=O) groups excluding carboxylic acids is 1. The van der Waals surface area contributed by atoms with Gasteiger partial charge < -0.3 is 9.84 Å². The van der Waals surface area contributed by atoms with Crippen molar-refractivity contribution in [3.8, 4) is 0 Å². The van der Waals surface area contributed by atoms with Crippen molar-refractivity contribution in [2.45, 2.75) is 67.2 Å². The fourth-order valence-corrected chi connectivity index (χ4v) is 1.79. The van der Waals surface area contributed by atoms with Crippen LogP contribution in [0.1, 0.15) is 67.2 Å². The summed E-state index contributed by atoms with van der Waals surface area (Å²) in [5.74, 6) is -1.87. The Hall–Kier alpha value is -1.84. The molecule has 0 radical (unpaired) electrons. The minimum Gasteiger partial charge on any atom is -0.481 e. The molecule has 0 aromatic heterocycles. The molecule has 0 fully saturated rings. The lowest BCUT2D eigenvalue weighted by Crippen LogP contribution is -2.10. The van der Waals surface area contributed by atoms with Crippen molar-refractivity contribution in [1.82, 2.24) is 0 Å². The maximum Gasteiger partial charge on any atom is 0.317 e. The lowest BCUT2D eigenvalue weighted by atomic mass is 10.1. The second kappa shape index (κ2) is 13.8. The first kappa shape index (κ1) is 23.4. The molecule has 0 amide bonds. The largest absolute Gasteiger partial charge is 0.481 e. The summed E-state index contributed by atoms with van der Waals surface area (Å²) in [7, 11) is 0. The third-order valence-electron chi connectivity index (χ3n) is 3.09. The van der Waals surface area contributed by atoms with Gasteiger partial charge in [-0.15, -0.1) is 0 Å². The maximum atomic E-state index is 11.0. The maximum absolute atomic E-state index is 11.0. The Bertz CT molecular complexity index is 452. The summed E-state index contributed by atoms with van der Waals surface area (Å²) < 4.78 is 4.81. The van der Waals surface area contributed by atoms with Gasteiger partial charge in [0.05, 0.1) is 0 Å². The lowest BCUT2D eigenvalue weighted by Gasteiger charge is -2.03. The first-order valence-electron chi connectivity index (χ1n) is 7.63.